The Balaban J connectivity index is 0.000000251. The Labute approximate surface area is 139 Å². The van der Waals surface area contributed by atoms with Gasteiger partial charge in [0.2, 0.25) is 11.4 Å². The number of aryl methyl sites for hydroxylation is 2. The van der Waals surface area contributed by atoms with Crippen LogP contribution in [0.15, 0.2) is 12.4 Å². The van der Waals surface area contributed by atoms with Crippen molar-refractivity contribution in [1.29, 1.82) is 0 Å². The second-order valence-corrected chi connectivity index (χ2v) is 4.37. The van der Waals surface area contributed by atoms with Gasteiger partial charge >= 0.3 is 17.3 Å². The van der Waals surface area contributed by atoms with E-state index in [1.807, 2.05) is 0 Å². The number of aromatic nitrogens is 4. The highest BCUT2D eigenvalue weighted by Crippen LogP contribution is 2.17. The molecule has 0 saturated carbocycles. The van der Waals surface area contributed by atoms with E-state index in [2.05, 4.69) is 14.9 Å². The lowest BCUT2D eigenvalue weighted by atomic mass is 10.3. The molecular formula is C11H13N7O7. The molecule has 14 nitrogen and oxygen atoms in total. The summed E-state index contributed by atoms with van der Waals surface area (Å²) in [6, 6.07) is 0. The summed E-state index contributed by atoms with van der Waals surface area (Å²) in [4.78, 5) is 41.0. The van der Waals surface area contributed by atoms with Crippen LogP contribution in [0.1, 0.15) is 21.0 Å². The van der Waals surface area contributed by atoms with Crippen molar-refractivity contribution in [3.63, 3.8) is 0 Å². The van der Waals surface area contributed by atoms with Crippen molar-refractivity contribution in [1.82, 2.24) is 19.6 Å². The maximum atomic E-state index is 11.0. The van der Waals surface area contributed by atoms with Crippen LogP contribution in [0.5, 0.6) is 0 Å². The van der Waals surface area contributed by atoms with Gasteiger partial charge in [-0.05, 0) is 0 Å². The van der Waals surface area contributed by atoms with Crippen molar-refractivity contribution in [3.8, 4) is 0 Å². The molecule has 0 aromatic carbocycles. The average molecular weight is 355 g/mol. The maximum absolute atomic E-state index is 11.0. The van der Waals surface area contributed by atoms with Gasteiger partial charge in [0.1, 0.15) is 12.4 Å². The van der Waals surface area contributed by atoms with Crippen LogP contribution in [0.25, 0.3) is 0 Å². The molecule has 0 atom stereocenters. The first-order valence-corrected chi connectivity index (χ1v) is 6.32. The predicted molar refractivity (Wildman–Crippen MR) is 79.6 cm³/mol. The number of hydrogen-bond donors (Lipinski definition) is 1. The second kappa shape index (κ2) is 7.62. The van der Waals surface area contributed by atoms with Crippen LogP contribution in [0.4, 0.5) is 11.4 Å². The number of nitro groups is 2. The molecule has 2 aromatic heterocycles. The molecule has 1 amide bonds. The minimum atomic E-state index is -0.860. The number of nitrogens with two attached hydrogens (primary N) is 1. The van der Waals surface area contributed by atoms with Gasteiger partial charge in [-0.25, -0.2) is 4.79 Å². The van der Waals surface area contributed by atoms with Gasteiger partial charge in [-0.15, -0.1) is 0 Å². The molecule has 2 N–H and O–H groups in total. The predicted octanol–water partition coefficient (Wildman–Crippen LogP) is -0.458. The number of rotatable bonds is 4. The summed E-state index contributed by atoms with van der Waals surface area (Å²) in [5, 5.41) is 27.8. The minimum Gasteiger partial charge on any atom is -0.464 e. The number of hydrogen-bond acceptors (Lipinski definition) is 9. The number of nitrogens with zero attached hydrogens (tertiary/aromatic N) is 6. The first kappa shape index (κ1) is 19.2. The van der Waals surface area contributed by atoms with Gasteiger partial charge in [-0.2, -0.15) is 10.2 Å². The zero-order valence-electron chi connectivity index (χ0n) is 13.3. The van der Waals surface area contributed by atoms with Gasteiger partial charge < -0.3 is 10.5 Å². The van der Waals surface area contributed by atoms with Gasteiger partial charge in [-0.1, -0.05) is 0 Å². The van der Waals surface area contributed by atoms with E-state index in [0.717, 1.165) is 28.9 Å². The molecule has 0 fully saturated rings. The Bertz CT molecular complexity index is 838. The number of ether oxygens (including phenoxy) is 1. The minimum absolute atomic E-state index is 0.160. The molecular weight excluding hydrogens is 342 g/mol. The Hall–Kier alpha value is -3.84. The van der Waals surface area contributed by atoms with E-state index < -0.39 is 21.7 Å². The standard InChI is InChI=1S/C6H7N3O4.C5H6N4O3/c1-8-5(6(10)13-2)4(3-7-8)9(11)12;1-8-4(5(6)10)3(2-7-8)9(11)12/h3H,1-2H3;2H,1H3,(H2,6,10). The van der Waals surface area contributed by atoms with Crippen molar-refractivity contribution in [3.05, 3.63) is 44.0 Å². The Kier molecular flexibility index (Phi) is 5.86. The zero-order chi connectivity index (χ0) is 19.3. The van der Waals surface area contributed by atoms with Crippen LogP contribution < -0.4 is 5.73 Å². The lowest BCUT2D eigenvalue weighted by Crippen LogP contribution is -2.17. The molecule has 134 valence electrons. The van der Waals surface area contributed by atoms with E-state index in [1.54, 1.807) is 0 Å². The van der Waals surface area contributed by atoms with Crippen molar-refractivity contribution >= 4 is 23.3 Å². The second-order valence-electron chi connectivity index (χ2n) is 4.37. The molecule has 2 rings (SSSR count). The van der Waals surface area contributed by atoms with Gasteiger partial charge in [0, 0.05) is 14.1 Å². The average Bonchev–Trinajstić information content (AvgIpc) is 3.10. The van der Waals surface area contributed by atoms with E-state index >= 15 is 0 Å². The number of carbonyl (C=O) groups excluding carboxylic acids is 2. The van der Waals surface area contributed by atoms with Crippen molar-refractivity contribution in [2.24, 2.45) is 19.8 Å². The van der Waals surface area contributed by atoms with Crippen molar-refractivity contribution in [2.45, 2.75) is 0 Å². The third-order valence-corrected chi connectivity index (χ3v) is 2.84. The number of methoxy groups -OCH3 is 1. The molecule has 0 unspecified atom stereocenters. The van der Waals surface area contributed by atoms with Crippen molar-refractivity contribution < 1.29 is 24.2 Å². The SMILES string of the molecule is COC(=O)c1c([N+](=O)[O-])cnn1C.Cn1ncc([N+](=O)[O-])c1C(N)=O. The first-order chi connectivity index (χ1) is 11.6. The summed E-state index contributed by atoms with van der Waals surface area (Å²) in [5.74, 6) is -1.63. The fourth-order valence-corrected chi connectivity index (χ4v) is 1.74. The third-order valence-electron chi connectivity index (χ3n) is 2.84. The van der Waals surface area contributed by atoms with Crippen LogP contribution >= 0.6 is 0 Å². The summed E-state index contributed by atoms with van der Waals surface area (Å²) in [6.45, 7) is 0. The van der Waals surface area contributed by atoms with Crippen LogP contribution in [0, 0.1) is 20.2 Å². The fraction of sp³-hybridized carbons (Fsp3) is 0.273. The zero-order valence-corrected chi connectivity index (χ0v) is 13.3. The molecule has 0 aliphatic heterocycles. The lowest BCUT2D eigenvalue weighted by molar-refractivity contribution is -0.385. The summed E-state index contributed by atoms with van der Waals surface area (Å²) in [5.41, 5.74) is 3.82. The third kappa shape index (κ3) is 4.12. The molecule has 0 saturated heterocycles. The summed E-state index contributed by atoms with van der Waals surface area (Å²) >= 11 is 0. The molecule has 2 aromatic rings. The van der Waals surface area contributed by atoms with Crippen LogP contribution in [-0.4, -0.2) is 48.4 Å². The number of esters is 1. The molecule has 25 heavy (non-hydrogen) atoms. The highest BCUT2D eigenvalue weighted by atomic mass is 16.6. The van der Waals surface area contributed by atoms with Crippen LogP contribution in [0.3, 0.4) is 0 Å². The normalized spacial score (nSPS) is 9.72. The summed E-state index contributed by atoms with van der Waals surface area (Å²) in [6.07, 6.45) is 1.99. The summed E-state index contributed by atoms with van der Waals surface area (Å²) in [7, 11) is 3.99. The van der Waals surface area contributed by atoms with E-state index in [4.69, 9.17) is 5.73 Å². The Morgan fingerprint density at radius 1 is 1.04 bits per heavy atom. The quantitative estimate of drug-likeness (QED) is 0.429. The molecule has 0 bridgehead atoms. The van der Waals surface area contributed by atoms with Crippen LogP contribution in [0.2, 0.25) is 0 Å². The van der Waals surface area contributed by atoms with Crippen LogP contribution in [-0.2, 0) is 18.8 Å². The molecule has 2 heterocycles. The maximum Gasteiger partial charge on any atom is 0.363 e. The molecule has 0 spiro atoms. The van der Waals surface area contributed by atoms with Gasteiger partial charge in [0.25, 0.3) is 5.91 Å². The molecule has 14 heteroatoms. The summed E-state index contributed by atoms with van der Waals surface area (Å²) < 4.78 is 6.53. The molecule has 0 radical (unpaired) electrons. The number of carbonyl (C=O) groups is 2. The first-order valence-electron chi connectivity index (χ1n) is 6.32. The smallest absolute Gasteiger partial charge is 0.363 e. The molecule has 0 aliphatic rings. The number of primary amides is 1. The monoisotopic (exact) mass is 355 g/mol. The van der Waals surface area contributed by atoms with Gasteiger partial charge in [0.15, 0.2) is 0 Å². The Morgan fingerprint density at radius 2 is 1.44 bits per heavy atom. The molecule has 0 aliphatic carbocycles. The van der Waals surface area contributed by atoms with E-state index in [0.29, 0.717) is 0 Å². The van der Waals surface area contributed by atoms with Gasteiger partial charge in [-0.3, -0.25) is 34.4 Å². The van der Waals surface area contributed by atoms with Crippen molar-refractivity contribution in [2.75, 3.05) is 7.11 Å². The van der Waals surface area contributed by atoms with E-state index in [-0.39, 0.29) is 22.8 Å². The number of amides is 1. The lowest BCUT2D eigenvalue weighted by Gasteiger charge is -1.97. The van der Waals surface area contributed by atoms with E-state index in [1.165, 1.54) is 14.1 Å². The van der Waals surface area contributed by atoms with Gasteiger partial charge in [0.05, 0.1) is 17.0 Å². The van der Waals surface area contributed by atoms with E-state index in [9.17, 15) is 29.8 Å². The topological polar surface area (TPSA) is 191 Å². The Morgan fingerprint density at radius 3 is 1.76 bits per heavy atom. The largest absolute Gasteiger partial charge is 0.464 e. The highest BCUT2D eigenvalue weighted by Gasteiger charge is 2.26. The highest BCUT2D eigenvalue weighted by molar-refractivity contribution is 5.95. The fourth-order valence-electron chi connectivity index (χ4n) is 1.74.